The van der Waals surface area contributed by atoms with E-state index in [1.165, 1.54) is 11.9 Å². The van der Waals surface area contributed by atoms with Gasteiger partial charge in [-0.1, -0.05) is 6.07 Å². The molecule has 0 N–H and O–H groups in total. The Labute approximate surface area is 160 Å². The summed E-state index contributed by atoms with van der Waals surface area (Å²) in [7, 11) is 0. The maximum absolute atomic E-state index is 12.5. The molecule has 1 fully saturated rings. The van der Waals surface area contributed by atoms with Crippen LogP contribution in [0.1, 0.15) is 31.7 Å². The second-order valence-electron chi connectivity index (χ2n) is 6.71. The normalized spacial score (nSPS) is 15.5. The summed E-state index contributed by atoms with van der Waals surface area (Å²) in [4.78, 5) is 25.1. The van der Waals surface area contributed by atoms with E-state index in [-0.39, 0.29) is 5.91 Å². The number of hydrogen-bond acceptors (Lipinski definition) is 6. The molecule has 2 aromatic heterocycles. The van der Waals surface area contributed by atoms with Crippen LogP contribution in [0.3, 0.4) is 0 Å². The van der Waals surface area contributed by atoms with Crippen molar-refractivity contribution < 1.29 is 9.53 Å². The minimum absolute atomic E-state index is 0.236. The van der Waals surface area contributed by atoms with Gasteiger partial charge in [0.2, 0.25) is 11.8 Å². The summed E-state index contributed by atoms with van der Waals surface area (Å²) >= 11 is 0. The zero-order valence-electron chi connectivity index (χ0n) is 16.0. The van der Waals surface area contributed by atoms with Gasteiger partial charge in [-0.2, -0.15) is 5.10 Å². The van der Waals surface area contributed by atoms with Gasteiger partial charge in [0.1, 0.15) is 12.7 Å². The first-order chi connectivity index (χ1) is 13.2. The van der Waals surface area contributed by atoms with Crippen molar-refractivity contribution in [3.05, 3.63) is 36.5 Å². The lowest BCUT2D eigenvalue weighted by molar-refractivity contribution is -0.131. The van der Waals surface area contributed by atoms with Crippen molar-refractivity contribution in [3.8, 4) is 5.88 Å². The smallest absolute Gasteiger partial charge is 0.222 e. The molecule has 0 aromatic carbocycles. The molecule has 0 radical (unpaired) electrons. The highest BCUT2D eigenvalue weighted by Crippen LogP contribution is 2.12. The van der Waals surface area contributed by atoms with Crippen molar-refractivity contribution in [2.45, 2.75) is 39.3 Å². The van der Waals surface area contributed by atoms with Crippen LogP contribution in [0.25, 0.3) is 0 Å². The molecule has 1 amide bonds. The predicted molar refractivity (Wildman–Crippen MR) is 101 cm³/mol. The fourth-order valence-electron chi connectivity index (χ4n) is 3.27. The van der Waals surface area contributed by atoms with Crippen molar-refractivity contribution in [2.24, 2.45) is 0 Å². The van der Waals surface area contributed by atoms with Crippen LogP contribution in [-0.2, 0) is 17.9 Å². The average Bonchev–Trinajstić information content (AvgIpc) is 3.08. The molecule has 1 aliphatic heterocycles. The lowest BCUT2D eigenvalue weighted by atomic mass is 10.2. The van der Waals surface area contributed by atoms with E-state index < -0.39 is 0 Å². The third-order valence-electron chi connectivity index (χ3n) is 4.68. The van der Waals surface area contributed by atoms with Crippen molar-refractivity contribution in [2.75, 3.05) is 32.8 Å². The molecule has 3 rings (SSSR count). The van der Waals surface area contributed by atoms with Crippen LogP contribution in [0.5, 0.6) is 5.88 Å². The molecule has 3 heterocycles. The summed E-state index contributed by atoms with van der Waals surface area (Å²) in [6, 6.07) is 3.98. The highest BCUT2D eigenvalue weighted by atomic mass is 16.5. The summed E-state index contributed by atoms with van der Waals surface area (Å²) in [6.07, 6.45) is 7.43. The molecular formula is C19H28N6O2. The molecule has 1 saturated heterocycles. The van der Waals surface area contributed by atoms with Crippen LogP contribution >= 0.6 is 0 Å². The lowest BCUT2D eigenvalue weighted by Gasteiger charge is -2.22. The first-order valence-corrected chi connectivity index (χ1v) is 9.65. The van der Waals surface area contributed by atoms with Crippen LogP contribution in [0.2, 0.25) is 0 Å². The van der Waals surface area contributed by atoms with Crippen LogP contribution in [-0.4, -0.2) is 68.2 Å². The Morgan fingerprint density at radius 1 is 1.22 bits per heavy atom. The number of hydrogen-bond donors (Lipinski definition) is 0. The van der Waals surface area contributed by atoms with E-state index >= 15 is 0 Å². The molecular weight excluding hydrogens is 344 g/mol. The predicted octanol–water partition coefficient (Wildman–Crippen LogP) is 1.59. The van der Waals surface area contributed by atoms with Crippen LogP contribution in [0.15, 0.2) is 31.0 Å². The van der Waals surface area contributed by atoms with Crippen molar-refractivity contribution in [1.29, 1.82) is 0 Å². The van der Waals surface area contributed by atoms with E-state index in [2.05, 4.69) is 26.0 Å². The summed E-state index contributed by atoms with van der Waals surface area (Å²) in [6.45, 7) is 7.67. The number of nitrogens with zero attached hydrogens (tertiary/aromatic N) is 6. The van der Waals surface area contributed by atoms with Crippen LogP contribution in [0, 0.1) is 0 Å². The van der Waals surface area contributed by atoms with Gasteiger partial charge in [0.05, 0.1) is 6.61 Å². The first kappa shape index (κ1) is 19.3. The molecule has 8 heteroatoms. The Balaban J connectivity index is 1.41. The molecule has 1 aliphatic rings. The van der Waals surface area contributed by atoms with Gasteiger partial charge in [-0.25, -0.2) is 9.97 Å². The van der Waals surface area contributed by atoms with Gasteiger partial charge in [0, 0.05) is 58.0 Å². The van der Waals surface area contributed by atoms with E-state index in [1.54, 1.807) is 11.0 Å². The number of carbonyl (C=O) groups is 1. The second kappa shape index (κ2) is 10.0. The molecule has 0 aliphatic carbocycles. The standard InChI is InChI=1S/C19H28N6O2/c1-2-27-18-7-6-17(13-21-18)14-23-8-4-9-24(12-11-23)19(26)5-3-10-25-16-20-15-22-25/h6-7,13,15-16H,2-5,8-12,14H2,1H3. The fourth-order valence-corrected chi connectivity index (χ4v) is 3.27. The quantitative estimate of drug-likeness (QED) is 0.700. The lowest BCUT2D eigenvalue weighted by Crippen LogP contribution is -2.35. The topological polar surface area (TPSA) is 76.4 Å². The molecule has 2 aromatic rings. The Hall–Kier alpha value is -2.48. The molecule has 0 spiro atoms. The minimum Gasteiger partial charge on any atom is -0.478 e. The van der Waals surface area contributed by atoms with Gasteiger partial charge < -0.3 is 9.64 Å². The van der Waals surface area contributed by atoms with Gasteiger partial charge >= 0.3 is 0 Å². The van der Waals surface area contributed by atoms with Gasteiger partial charge in [0.25, 0.3) is 0 Å². The van der Waals surface area contributed by atoms with E-state index in [4.69, 9.17) is 4.74 Å². The molecule has 8 nitrogen and oxygen atoms in total. The van der Waals surface area contributed by atoms with E-state index in [0.29, 0.717) is 18.9 Å². The van der Waals surface area contributed by atoms with E-state index in [1.807, 2.05) is 24.1 Å². The van der Waals surface area contributed by atoms with Crippen molar-refractivity contribution >= 4 is 5.91 Å². The van der Waals surface area contributed by atoms with Gasteiger partial charge in [0.15, 0.2) is 0 Å². The Kier molecular flexibility index (Phi) is 7.15. The van der Waals surface area contributed by atoms with Gasteiger partial charge in [-0.15, -0.1) is 0 Å². The molecule has 0 bridgehead atoms. The minimum atomic E-state index is 0.236. The highest BCUT2D eigenvalue weighted by Gasteiger charge is 2.19. The fraction of sp³-hybridized carbons (Fsp3) is 0.579. The van der Waals surface area contributed by atoms with E-state index in [9.17, 15) is 4.79 Å². The van der Waals surface area contributed by atoms with Gasteiger partial charge in [-0.3, -0.25) is 14.4 Å². The molecule has 146 valence electrons. The molecule has 0 unspecified atom stereocenters. The van der Waals surface area contributed by atoms with Crippen LogP contribution in [0.4, 0.5) is 0 Å². The Morgan fingerprint density at radius 2 is 2.15 bits per heavy atom. The number of amides is 1. The number of ether oxygens (including phenoxy) is 1. The van der Waals surface area contributed by atoms with E-state index in [0.717, 1.165) is 52.1 Å². The van der Waals surface area contributed by atoms with Gasteiger partial charge in [-0.05, 0) is 25.3 Å². The van der Waals surface area contributed by atoms with Crippen molar-refractivity contribution in [3.63, 3.8) is 0 Å². The number of aryl methyl sites for hydroxylation is 1. The third kappa shape index (κ3) is 6.02. The maximum atomic E-state index is 12.5. The second-order valence-corrected chi connectivity index (χ2v) is 6.71. The summed E-state index contributed by atoms with van der Waals surface area (Å²) in [5.74, 6) is 0.902. The third-order valence-corrected chi connectivity index (χ3v) is 4.68. The molecule has 0 atom stereocenters. The Bertz CT molecular complexity index is 689. The largest absolute Gasteiger partial charge is 0.478 e. The summed E-state index contributed by atoms with van der Waals surface area (Å²) < 4.78 is 7.16. The van der Waals surface area contributed by atoms with Crippen molar-refractivity contribution in [1.82, 2.24) is 29.5 Å². The summed E-state index contributed by atoms with van der Waals surface area (Å²) in [5.41, 5.74) is 1.17. The number of carbonyl (C=O) groups excluding carboxylic acids is 1. The number of rotatable bonds is 8. The van der Waals surface area contributed by atoms with Crippen LogP contribution < -0.4 is 4.74 Å². The Morgan fingerprint density at radius 3 is 2.89 bits per heavy atom. The monoisotopic (exact) mass is 372 g/mol. The average molecular weight is 372 g/mol. The highest BCUT2D eigenvalue weighted by molar-refractivity contribution is 5.76. The maximum Gasteiger partial charge on any atom is 0.222 e. The number of pyridine rings is 1. The molecule has 27 heavy (non-hydrogen) atoms. The zero-order valence-corrected chi connectivity index (χ0v) is 16.0. The zero-order chi connectivity index (χ0) is 18.9. The SMILES string of the molecule is CCOc1ccc(CN2CCCN(C(=O)CCCn3cncn3)CC2)cn1. The molecule has 0 saturated carbocycles. The first-order valence-electron chi connectivity index (χ1n) is 9.65. The summed E-state index contributed by atoms with van der Waals surface area (Å²) in [5, 5.41) is 4.07. The number of aromatic nitrogens is 4.